The average molecular weight is 344 g/mol. The van der Waals surface area contributed by atoms with Crippen molar-refractivity contribution >= 4 is 17.4 Å². The molecule has 1 aliphatic rings. The molecule has 24 heavy (non-hydrogen) atoms. The van der Waals surface area contributed by atoms with Gasteiger partial charge in [0.15, 0.2) is 0 Å². The van der Waals surface area contributed by atoms with Crippen LogP contribution in [0.5, 0.6) is 0 Å². The molecular weight excluding hydrogens is 320 g/mol. The van der Waals surface area contributed by atoms with Crippen molar-refractivity contribution < 1.29 is 4.79 Å². The van der Waals surface area contributed by atoms with Crippen LogP contribution in [0.15, 0.2) is 41.2 Å². The molecule has 0 spiro atoms. The first-order valence-electron chi connectivity index (χ1n) is 8.39. The van der Waals surface area contributed by atoms with Gasteiger partial charge in [0.05, 0.1) is 5.69 Å². The van der Waals surface area contributed by atoms with Crippen LogP contribution in [0.3, 0.4) is 0 Å². The molecule has 2 aromatic heterocycles. The van der Waals surface area contributed by atoms with E-state index < -0.39 is 0 Å². The highest BCUT2D eigenvalue weighted by Gasteiger charge is 2.21. The number of rotatable bonds is 5. The van der Waals surface area contributed by atoms with Gasteiger partial charge in [-0.2, -0.15) is 11.3 Å². The Morgan fingerprint density at radius 1 is 1.29 bits per heavy atom. The predicted molar refractivity (Wildman–Crippen MR) is 97.2 cm³/mol. The van der Waals surface area contributed by atoms with E-state index in [1.54, 1.807) is 11.3 Å². The van der Waals surface area contributed by atoms with Crippen molar-refractivity contribution in [3.63, 3.8) is 0 Å². The second kappa shape index (κ2) is 8.26. The highest BCUT2D eigenvalue weighted by molar-refractivity contribution is 7.07. The van der Waals surface area contributed by atoms with E-state index in [9.17, 15) is 4.79 Å². The van der Waals surface area contributed by atoms with Gasteiger partial charge in [-0.25, -0.2) is 4.79 Å². The minimum atomic E-state index is 0.0505. The second-order valence-corrected chi connectivity index (χ2v) is 7.01. The lowest BCUT2D eigenvalue weighted by Crippen LogP contribution is -2.51. The Morgan fingerprint density at radius 3 is 2.79 bits per heavy atom. The van der Waals surface area contributed by atoms with E-state index in [1.807, 2.05) is 29.3 Å². The van der Waals surface area contributed by atoms with E-state index in [-0.39, 0.29) is 6.03 Å². The van der Waals surface area contributed by atoms with Gasteiger partial charge in [-0.1, -0.05) is 13.0 Å². The third-order valence-electron chi connectivity index (χ3n) is 4.44. The molecule has 128 valence electrons. The minimum Gasteiger partial charge on any atom is -0.337 e. The Bertz CT molecular complexity index is 624. The first-order valence-corrected chi connectivity index (χ1v) is 9.34. The van der Waals surface area contributed by atoms with Crippen LogP contribution in [-0.4, -0.2) is 53.5 Å². The Labute approximate surface area is 147 Å². The van der Waals surface area contributed by atoms with Crippen molar-refractivity contribution in [2.75, 3.05) is 32.7 Å². The van der Waals surface area contributed by atoms with Crippen LogP contribution in [0, 0.1) is 0 Å². The number of carbonyl (C=O) groups is 1. The first-order chi connectivity index (χ1) is 11.7. The van der Waals surface area contributed by atoms with E-state index in [1.165, 1.54) is 5.56 Å². The molecule has 5 nitrogen and oxygen atoms in total. The molecule has 0 unspecified atom stereocenters. The van der Waals surface area contributed by atoms with Crippen molar-refractivity contribution in [1.82, 2.24) is 20.1 Å². The van der Waals surface area contributed by atoms with Crippen LogP contribution >= 0.6 is 11.3 Å². The van der Waals surface area contributed by atoms with Crippen LogP contribution in [0.25, 0.3) is 0 Å². The summed E-state index contributed by atoms with van der Waals surface area (Å²) in [6.45, 7) is 7.01. The van der Waals surface area contributed by atoms with Gasteiger partial charge in [0.2, 0.25) is 0 Å². The predicted octanol–water partition coefficient (Wildman–Crippen LogP) is 2.77. The van der Waals surface area contributed by atoms with E-state index in [2.05, 4.69) is 39.0 Å². The number of aromatic nitrogens is 1. The van der Waals surface area contributed by atoms with Crippen LogP contribution in [0.4, 0.5) is 4.79 Å². The molecule has 1 saturated heterocycles. The van der Waals surface area contributed by atoms with Crippen LogP contribution < -0.4 is 5.32 Å². The summed E-state index contributed by atoms with van der Waals surface area (Å²) in [5.41, 5.74) is 2.38. The average Bonchev–Trinajstić information content (AvgIpc) is 3.16. The summed E-state index contributed by atoms with van der Waals surface area (Å²) in [6.07, 6.45) is 1.83. The minimum absolute atomic E-state index is 0.0505. The normalized spacial score (nSPS) is 16.8. The lowest BCUT2D eigenvalue weighted by Gasteiger charge is -2.34. The molecule has 3 rings (SSSR count). The Hall–Kier alpha value is -1.92. The summed E-state index contributed by atoms with van der Waals surface area (Å²) >= 11 is 1.70. The molecule has 1 atom stereocenters. The number of nitrogens with zero attached hydrogens (tertiary/aromatic N) is 3. The summed E-state index contributed by atoms with van der Waals surface area (Å²) < 4.78 is 0. The van der Waals surface area contributed by atoms with Gasteiger partial charge in [-0.05, 0) is 40.4 Å². The van der Waals surface area contributed by atoms with Gasteiger partial charge in [-0.3, -0.25) is 9.88 Å². The topological polar surface area (TPSA) is 48.5 Å². The number of nitrogens with one attached hydrogen (secondary N) is 1. The molecule has 6 heteroatoms. The van der Waals surface area contributed by atoms with Gasteiger partial charge < -0.3 is 10.2 Å². The van der Waals surface area contributed by atoms with Crippen LogP contribution in [0.1, 0.15) is 24.1 Å². The van der Waals surface area contributed by atoms with Crippen molar-refractivity contribution in [3.8, 4) is 0 Å². The van der Waals surface area contributed by atoms with E-state index >= 15 is 0 Å². The number of amides is 2. The van der Waals surface area contributed by atoms with Gasteiger partial charge in [0.1, 0.15) is 0 Å². The fourth-order valence-corrected chi connectivity index (χ4v) is 3.64. The highest BCUT2D eigenvalue weighted by Crippen LogP contribution is 2.17. The fraction of sp³-hybridized carbons (Fsp3) is 0.444. The zero-order chi connectivity index (χ0) is 16.8. The summed E-state index contributed by atoms with van der Waals surface area (Å²) in [5, 5.41) is 7.29. The SMILES string of the molecule is C[C@@H](CNC(=O)N1CCN(Cc2ccccn2)CC1)c1ccsc1. The molecular formula is C18H24N4OS. The molecule has 0 saturated carbocycles. The number of carbonyl (C=O) groups excluding carboxylic acids is 1. The molecule has 1 fully saturated rings. The van der Waals surface area contributed by atoms with E-state index in [4.69, 9.17) is 0 Å². The maximum Gasteiger partial charge on any atom is 0.317 e. The molecule has 0 radical (unpaired) electrons. The van der Waals surface area contributed by atoms with Gasteiger partial charge in [0, 0.05) is 45.5 Å². The molecule has 2 aromatic rings. The maximum absolute atomic E-state index is 12.3. The number of piperazine rings is 1. The summed E-state index contributed by atoms with van der Waals surface area (Å²) in [6, 6.07) is 8.17. The standard InChI is InChI=1S/C18H24N4OS/c1-15(16-5-11-24-14-16)12-20-18(23)22-9-7-21(8-10-22)13-17-4-2-3-6-19-17/h2-6,11,14-15H,7-10,12-13H2,1H3,(H,20,23)/t15-/m0/s1. The van der Waals surface area contributed by atoms with Crippen LogP contribution in [-0.2, 0) is 6.54 Å². The third-order valence-corrected chi connectivity index (χ3v) is 5.14. The Morgan fingerprint density at radius 2 is 2.12 bits per heavy atom. The van der Waals surface area contributed by atoms with Crippen molar-refractivity contribution in [1.29, 1.82) is 0 Å². The number of thiophene rings is 1. The largest absolute Gasteiger partial charge is 0.337 e. The molecule has 3 heterocycles. The van der Waals surface area contributed by atoms with Crippen LogP contribution in [0.2, 0.25) is 0 Å². The molecule has 0 bridgehead atoms. The monoisotopic (exact) mass is 344 g/mol. The molecule has 1 N–H and O–H groups in total. The second-order valence-electron chi connectivity index (χ2n) is 6.23. The molecule has 0 aliphatic carbocycles. The van der Waals surface area contributed by atoms with Crippen molar-refractivity contribution in [2.45, 2.75) is 19.4 Å². The summed E-state index contributed by atoms with van der Waals surface area (Å²) in [7, 11) is 0. The summed E-state index contributed by atoms with van der Waals surface area (Å²) in [4.78, 5) is 20.9. The van der Waals surface area contributed by atoms with E-state index in [0.717, 1.165) is 38.4 Å². The fourth-order valence-electron chi connectivity index (χ4n) is 2.86. The number of pyridine rings is 1. The first kappa shape index (κ1) is 16.9. The number of hydrogen-bond acceptors (Lipinski definition) is 4. The quantitative estimate of drug-likeness (QED) is 0.907. The zero-order valence-corrected chi connectivity index (χ0v) is 14.8. The highest BCUT2D eigenvalue weighted by atomic mass is 32.1. The molecule has 1 aliphatic heterocycles. The van der Waals surface area contributed by atoms with Gasteiger partial charge in [-0.15, -0.1) is 0 Å². The third kappa shape index (κ3) is 4.55. The maximum atomic E-state index is 12.3. The molecule has 0 aromatic carbocycles. The molecule has 2 amide bonds. The number of hydrogen-bond donors (Lipinski definition) is 1. The number of urea groups is 1. The zero-order valence-electron chi connectivity index (χ0n) is 14.0. The lowest BCUT2D eigenvalue weighted by molar-refractivity contribution is 0.134. The van der Waals surface area contributed by atoms with Crippen molar-refractivity contribution in [2.24, 2.45) is 0 Å². The van der Waals surface area contributed by atoms with E-state index in [0.29, 0.717) is 12.5 Å². The van der Waals surface area contributed by atoms with Gasteiger partial charge in [0.25, 0.3) is 0 Å². The summed E-state index contributed by atoms with van der Waals surface area (Å²) in [5.74, 6) is 0.352. The lowest BCUT2D eigenvalue weighted by atomic mass is 10.1. The Balaban J connectivity index is 1.40. The van der Waals surface area contributed by atoms with Crippen molar-refractivity contribution in [3.05, 3.63) is 52.5 Å². The Kier molecular flexibility index (Phi) is 5.82. The van der Waals surface area contributed by atoms with Gasteiger partial charge >= 0.3 is 6.03 Å². The smallest absolute Gasteiger partial charge is 0.317 e.